The van der Waals surface area contributed by atoms with Gasteiger partial charge in [-0.3, -0.25) is 9.52 Å². The second-order valence-corrected chi connectivity index (χ2v) is 8.01. The summed E-state index contributed by atoms with van der Waals surface area (Å²) >= 11 is 0. The van der Waals surface area contributed by atoms with Gasteiger partial charge in [-0.1, -0.05) is 12.1 Å². The molecule has 0 radical (unpaired) electrons. The normalized spacial score (nSPS) is 11.7. The van der Waals surface area contributed by atoms with Crippen LogP contribution in [0, 0.1) is 6.92 Å². The molecule has 30 heavy (non-hydrogen) atoms. The van der Waals surface area contributed by atoms with E-state index in [1.54, 1.807) is 25.1 Å². The van der Waals surface area contributed by atoms with Crippen molar-refractivity contribution in [1.29, 1.82) is 0 Å². The lowest BCUT2D eigenvalue weighted by Crippen LogP contribution is -2.15. The van der Waals surface area contributed by atoms with Crippen molar-refractivity contribution in [2.75, 3.05) is 10.0 Å². The maximum absolute atomic E-state index is 12.8. The van der Waals surface area contributed by atoms with Gasteiger partial charge < -0.3 is 5.32 Å². The van der Waals surface area contributed by atoms with Crippen LogP contribution in [0.4, 0.5) is 24.7 Å². The van der Waals surface area contributed by atoms with Crippen molar-refractivity contribution < 1.29 is 26.4 Å². The summed E-state index contributed by atoms with van der Waals surface area (Å²) in [5.74, 6) is -0.134. The minimum Gasteiger partial charge on any atom is -0.307 e. The van der Waals surface area contributed by atoms with Crippen LogP contribution in [-0.4, -0.2) is 19.3 Å². The second-order valence-electron chi connectivity index (χ2n) is 6.33. The maximum Gasteiger partial charge on any atom is 0.416 e. The van der Waals surface area contributed by atoms with Crippen LogP contribution >= 0.6 is 0 Å². The summed E-state index contributed by atoms with van der Waals surface area (Å²) in [6.07, 6.45) is -4.59. The zero-order valence-electron chi connectivity index (χ0n) is 15.6. The Kier molecular flexibility index (Phi) is 5.79. The molecule has 3 aromatic rings. The molecule has 0 aliphatic heterocycles. The summed E-state index contributed by atoms with van der Waals surface area (Å²) in [5.41, 5.74) is -0.289. The lowest BCUT2D eigenvalue weighted by molar-refractivity contribution is -0.137. The molecule has 10 heteroatoms. The van der Waals surface area contributed by atoms with Crippen LogP contribution in [-0.2, 0) is 16.2 Å². The SMILES string of the molecule is Cc1cccc(NC(=O)c2ccc(S(=O)(=O)Nc3cccc(C(F)(F)F)c3)cc2)n1. The number of rotatable bonds is 5. The van der Waals surface area contributed by atoms with E-state index >= 15 is 0 Å². The van der Waals surface area contributed by atoms with Crippen molar-refractivity contribution >= 4 is 27.4 Å². The first-order valence-corrected chi connectivity index (χ1v) is 10.1. The Balaban J connectivity index is 1.75. The summed E-state index contributed by atoms with van der Waals surface area (Å²) in [7, 11) is -4.14. The van der Waals surface area contributed by atoms with E-state index in [4.69, 9.17) is 0 Å². The summed E-state index contributed by atoms with van der Waals surface area (Å²) in [4.78, 5) is 16.2. The third-order valence-corrected chi connectivity index (χ3v) is 5.40. The summed E-state index contributed by atoms with van der Waals surface area (Å²) in [6.45, 7) is 1.77. The molecule has 0 unspecified atom stereocenters. The van der Waals surface area contributed by atoms with Gasteiger partial charge >= 0.3 is 6.18 Å². The van der Waals surface area contributed by atoms with Gasteiger partial charge in [0, 0.05) is 16.9 Å². The highest BCUT2D eigenvalue weighted by molar-refractivity contribution is 7.92. The molecule has 1 heterocycles. The van der Waals surface area contributed by atoms with Gasteiger partial charge in [0.15, 0.2) is 0 Å². The van der Waals surface area contributed by atoms with Crippen molar-refractivity contribution in [3.63, 3.8) is 0 Å². The van der Waals surface area contributed by atoms with Crippen LogP contribution in [0.3, 0.4) is 0 Å². The van der Waals surface area contributed by atoms with E-state index < -0.39 is 27.7 Å². The largest absolute Gasteiger partial charge is 0.416 e. The molecular weight excluding hydrogens is 419 g/mol. The molecule has 0 fully saturated rings. The van der Waals surface area contributed by atoms with Crippen LogP contribution < -0.4 is 10.0 Å². The Labute approximate surface area is 170 Å². The van der Waals surface area contributed by atoms with Crippen molar-refractivity contribution in [3.8, 4) is 0 Å². The average Bonchev–Trinajstić information content (AvgIpc) is 2.67. The number of anilines is 2. The molecule has 6 nitrogen and oxygen atoms in total. The third kappa shape index (κ3) is 5.15. The monoisotopic (exact) mass is 435 g/mol. The van der Waals surface area contributed by atoms with E-state index in [-0.39, 0.29) is 16.1 Å². The lowest BCUT2D eigenvalue weighted by Gasteiger charge is -2.11. The number of alkyl halides is 3. The number of hydrogen-bond acceptors (Lipinski definition) is 4. The fourth-order valence-corrected chi connectivity index (χ4v) is 3.61. The predicted molar refractivity (Wildman–Crippen MR) is 106 cm³/mol. The first-order valence-electron chi connectivity index (χ1n) is 8.60. The van der Waals surface area contributed by atoms with E-state index in [1.807, 2.05) is 0 Å². The number of aromatic nitrogens is 1. The number of nitrogens with one attached hydrogen (secondary N) is 2. The van der Waals surface area contributed by atoms with Crippen LogP contribution in [0.15, 0.2) is 71.6 Å². The highest BCUT2D eigenvalue weighted by atomic mass is 32.2. The van der Waals surface area contributed by atoms with E-state index in [1.165, 1.54) is 30.3 Å². The van der Waals surface area contributed by atoms with E-state index in [9.17, 15) is 26.4 Å². The fraction of sp³-hybridized carbons (Fsp3) is 0.100. The van der Waals surface area contributed by atoms with Gasteiger partial charge in [0.1, 0.15) is 5.82 Å². The zero-order chi connectivity index (χ0) is 21.9. The Morgan fingerprint density at radius 2 is 1.63 bits per heavy atom. The number of sulfonamides is 1. The fourth-order valence-electron chi connectivity index (χ4n) is 2.56. The number of benzene rings is 2. The number of nitrogens with zero attached hydrogens (tertiary/aromatic N) is 1. The van der Waals surface area contributed by atoms with E-state index in [0.29, 0.717) is 11.9 Å². The number of carbonyl (C=O) groups excluding carboxylic acids is 1. The Morgan fingerprint density at radius 1 is 0.967 bits per heavy atom. The molecule has 0 bridgehead atoms. The minimum atomic E-state index is -4.59. The molecule has 1 aromatic heterocycles. The van der Waals surface area contributed by atoms with Gasteiger partial charge in [-0.05, 0) is 61.5 Å². The molecule has 3 rings (SSSR count). The van der Waals surface area contributed by atoms with Gasteiger partial charge in [-0.2, -0.15) is 13.2 Å². The number of pyridine rings is 1. The summed E-state index contributed by atoms with van der Waals surface area (Å²) < 4.78 is 65.4. The van der Waals surface area contributed by atoms with E-state index in [2.05, 4.69) is 15.0 Å². The van der Waals surface area contributed by atoms with Crippen LogP contribution in [0.1, 0.15) is 21.6 Å². The molecule has 156 valence electrons. The highest BCUT2D eigenvalue weighted by Gasteiger charge is 2.30. The summed E-state index contributed by atoms with van der Waals surface area (Å²) in [5, 5.41) is 2.60. The molecular formula is C20H16F3N3O3S. The van der Waals surface area contributed by atoms with Crippen LogP contribution in [0.5, 0.6) is 0 Å². The minimum absolute atomic E-state index is 0.191. The Bertz CT molecular complexity index is 1180. The van der Waals surface area contributed by atoms with Crippen molar-refractivity contribution in [3.05, 3.63) is 83.6 Å². The first kappa shape index (κ1) is 21.3. The topological polar surface area (TPSA) is 88.2 Å². The quantitative estimate of drug-likeness (QED) is 0.619. The molecule has 2 aromatic carbocycles. The zero-order valence-corrected chi connectivity index (χ0v) is 16.4. The Morgan fingerprint density at radius 3 is 2.27 bits per heavy atom. The van der Waals surface area contributed by atoms with Gasteiger partial charge in [0.2, 0.25) is 0 Å². The van der Waals surface area contributed by atoms with Crippen LogP contribution in [0.2, 0.25) is 0 Å². The maximum atomic E-state index is 12.8. The van der Waals surface area contributed by atoms with Crippen LogP contribution in [0.25, 0.3) is 0 Å². The number of hydrogen-bond donors (Lipinski definition) is 2. The first-order chi connectivity index (χ1) is 14.0. The second kappa shape index (κ2) is 8.15. The molecule has 0 aliphatic carbocycles. The van der Waals surface area contributed by atoms with Crippen molar-refractivity contribution in [2.24, 2.45) is 0 Å². The molecule has 1 amide bonds. The smallest absolute Gasteiger partial charge is 0.307 e. The van der Waals surface area contributed by atoms with Gasteiger partial charge in [-0.25, -0.2) is 13.4 Å². The van der Waals surface area contributed by atoms with E-state index in [0.717, 1.165) is 17.8 Å². The molecule has 0 atom stereocenters. The standard InChI is InChI=1S/C20H16F3N3O3S/c1-13-4-2-7-18(24-13)25-19(27)14-8-10-17(11-9-14)30(28,29)26-16-6-3-5-15(12-16)20(21,22)23/h2-12,26H,1H3,(H,24,25,27). The summed E-state index contributed by atoms with van der Waals surface area (Å²) in [6, 6.07) is 13.9. The number of aryl methyl sites for hydroxylation is 1. The van der Waals surface area contributed by atoms with Crippen molar-refractivity contribution in [1.82, 2.24) is 4.98 Å². The highest BCUT2D eigenvalue weighted by Crippen LogP contribution is 2.31. The van der Waals surface area contributed by atoms with Gasteiger partial charge in [-0.15, -0.1) is 0 Å². The van der Waals surface area contributed by atoms with Gasteiger partial charge in [0.25, 0.3) is 15.9 Å². The third-order valence-electron chi connectivity index (χ3n) is 4.00. The molecule has 0 saturated carbocycles. The van der Waals surface area contributed by atoms with Crippen molar-refractivity contribution in [2.45, 2.75) is 18.0 Å². The van der Waals surface area contributed by atoms with Gasteiger partial charge in [0.05, 0.1) is 10.5 Å². The molecule has 2 N–H and O–H groups in total. The molecule has 0 spiro atoms. The molecule has 0 aliphatic rings. The molecule has 0 saturated heterocycles. The lowest BCUT2D eigenvalue weighted by atomic mass is 10.2. The number of carbonyl (C=O) groups is 1. The number of halogens is 3. The Hall–Kier alpha value is -3.40. The predicted octanol–water partition coefficient (Wildman–Crippen LogP) is 4.46. The number of amides is 1. The average molecular weight is 435 g/mol.